The third-order valence-corrected chi connectivity index (χ3v) is 2.59. The van der Waals surface area contributed by atoms with E-state index < -0.39 is 0 Å². The zero-order valence-corrected chi connectivity index (χ0v) is 9.24. The molecule has 1 aliphatic heterocycles. The molecule has 1 aromatic rings. The minimum atomic E-state index is -0.195. The van der Waals surface area contributed by atoms with Crippen LogP contribution in [0.5, 0.6) is 0 Å². The quantitative estimate of drug-likeness (QED) is 0.762. The molecule has 1 nitrogen and oxygen atoms in total. The summed E-state index contributed by atoms with van der Waals surface area (Å²) >= 11 is 5.65. The number of halogens is 3. The Labute approximate surface area is 94.3 Å². The van der Waals surface area contributed by atoms with Gasteiger partial charge < -0.3 is 0 Å². The fraction of sp³-hybridized carbons (Fsp3) is 0.400. The van der Waals surface area contributed by atoms with Crippen LogP contribution in [0.2, 0.25) is 5.02 Å². The highest BCUT2D eigenvalue weighted by Crippen LogP contribution is 2.18. The molecule has 0 aromatic heterocycles. The lowest BCUT2D eigenvalue weighted by Crippen LogP contribution is -2.36. The van der Waals surface area contributed by atoms with Crippen molar-refractivity contribution >= 4 is 24.0 Å². The molecule has 0 atom stereocenters. The average Bonchev–Trinajstić information content (AvgIpc) is 1.99. The van der Waals surface area contributed by atoms with E-state index in [9.17, 15) is 4.39 Å². The average molecular weight is 236 g/mol. The molecule has 1 aliphatic rings. The highest BCUT2D eigenvalue weighted by Gasteiger charge is 2.15. The predicted molar refractivity (Wildman–Crippen MR) is 58.6 cm³/mol. The molecule has 4 heteroatoms. The van der Waals surface area contributed by atoms with Gasteiger partial charge in [0.2, 0.25) is 0 Å². The summed E-state index contributed by atoms with van der Waals surface area (Å²) in [4.78, 5) is 2.21. The minimum absolute atomic E-state index is 0. The van der Waals surface area contributed by atoms with Crippen molar-refractivity contribution in [3.05, 3.63) is 34.6 Å². The third kappa shape index (κ3) is 2.59. The fourth-order valence-electron chi connectivity index (χ4n) is 1.43. The molecule has 0 bridgehead atoms. The van der Waals surface area contributed by atoms with E-state index in [1.165, 1.54) is 12.5 Å². The second-order valence-corrected chi connectivity index (χ2v) is 3.80. The van der Waals surface area contributed by atoms with Crippen molar-refractivity contribution < 1.29 is 4.39 Å². The van der Waals surface area contributed by atoms with E-state index in [1.54, 1.807) is 12.1 Å². The van der Waals surface area contributed by atoms with Crippen LogP contribution >= 0.6 is 24.0 Å². The molecule has 0 radical (unpaired) electrons. The van der Waals surface area contributed by atoms with Crippen molar-refractivity contribution in [2.45, 2.75) is 13.0 Å². The van der Waals surface area contributed by atoms with Crippen LogP contribution in [-0.4, -0.2) is 18.0 Å². The predicted octanol–water partition coefficient (Wildman–Crippen LogP) is 3.11. The standard InChI is InChI=1S/C10H11ClFN.ClH/c11-9-3-2-8(10(12)6-9)7-13-4-1-5-13;/h2-3,6H,1,4-5,7H2;1H. The first-order valence-corrected chi connectivity index (χ1v) is 4.80. The second-order valence-electron chi connectivity index (χ2n) is 3.37. The largest absolute Gasteiger partial charge is 0.299 e. The van der Waals surface area contributed by atoms with Gasteiger partial charge in [0.1, 0.15) is 5.82 Å². The Balaban J connectivity index is 0.000000980. The van der Waals surface area contributed by atoms with Crippen LogP contribution in [0.4, 0.5) is 4.39 Å². The van der Waals surface area contributed by atoms with Crippen molar-refractivity contribution in [1.82, 2.24) is 4.90 Å². The van der Waals surface area contributed by atoms with Gasteiger partial charge in [0.15, 0.2) is 0 Å². The lowest BCUT2D eigenvalue weighted by molar-refractivity contribution is 0.170. The molecule has 14 heavy (non-hydrogen) atoms. The van der Waals surface area contributed by atoms with E-state index in [-0.39, 0.29) is 18.2 Å². The van der Waals surface area contributed by atoms with Gasteiger partial charge in [-0.2, -0.15) is 0 Å². The highest BCUT2D eigenvalue weighted by molar-refractivity contribution is 6.30. The summed E-state index contributed by atoms with van der Waals surface area (Å²) in [5.41, 5.74) is 0.740. The maximum absolute atomic E-state index is 13.3. The van der Waals surface area contributed by atoms with Crippen molar-refractivity contribution in [3.8, 4) is 0 Å². The van der Waals surface area contributed by atoms with Gasteiger partial charge in [0.25, 0.3) is 0 Å². The van der Waals surface area contributed by atoms with E-state index >= 15 is 0 Å². The first-order chi connectivity index (χ1) is 6.25. The van der Waals surface area contributed by atoms with Crippen LogP contribution in [0.1, 0.15) is 12.0 Å². The SMILES string of the molecule is Cl.Fc1cc(Cl)ccc1CN1CCC1. The molecular weight excluding hydrogens is 224 g/mol. The lowest BCUT2D eigenvalue weighted by atomic mass is 10.1. The number of benzene rings is 1. The summed E-state index contributed by atoms with van der Waals surface area (Å²) < 4.78 is 13.3. The summed E-state index contributed by atoms with van der Waals surface area (Å²) in [7, 11) is 0. The molecule has 0 unspecified atom stereocenters. The van der Waals surface area contributed by atoms with Crippen molar-refractivity contribution in [2.24, 2.45) is 0 Å². The first kappa shape index (κ1) is 11.8. The maximum Gasteiger partial charge on any atom is 0.129 e. The molecule has 0 spiro atoms. The zero-order valence-electron chi connectivity index (χ0n) is 7.67. The molecule has 1 saturated heterocycles. The fourth-order valence-corrected chi connectivity index (χ4v) is 1.59. The van der Waals surface area contributed by atoms with Crippen LogP contribution < -0.4 is 0 Å². The number of rotatable bonds is 2. The Morgan fingerprint density at radius 3 is 2.57 bits per heavy atom. The van der Waals surface area contributed by atoms with Crippen LogP contribution in [0, 0.1) is 5.82 Å². The molecule has 0 amide bonds. The Hall–Kier alpha value is -0.310. The van der Waals surface area contributed by atoms with Gasteiger partial charge in [0, 0.05) is 17.1 Å². The summed E-state index contributed by atoms with van der Waals surface area (Å²) in [6.45, 7) is 2.88. The van der Waals surface area contributed by atoms with E-state index in [1.807, 2.05) is 0 Å². The van der Waals surface area contributed by atoms with Gasteiger partial charge in [-0.1, -0.05) is 17.7 Å². The topological polar surface area (TPSA) is 3.24 Å². The van der Waals surface area contributed by atoms with Crippen molar-refractivity contribution in [1.29, 1.82) is 0 Å². The second kappa shape index (κ2) is 4.96. The Morgan fingerprint density at radius 1 is 1.36 bits per heavy atom. The van der Waals surface area contributed by atoms with Gasteiger partial charge >= 0.3 is 0 Å². The molecule has 1 aromatic carbocycles. The Bertz CT molecular complexity index is 313. The molecule has 0 N–H and O–H groups in total. The summed E-state index contributed by atoms with van der Waals surface area (Å²) in [6, 6.07) is 4.87. The van der Waals surface area contributed by atoms with Gasteiger partial charge in [-0.25, -0.2) is 4.39 Å². The highest BCUT2D eigenvalue weighted by atomic mass is 35.5. The van der Waals surface area contributed by atoms with E-state index in [4.69, 9.17) is 11.6 Å². The van der Waals surface area contributed by atoms with Crippen LogP contribution in [0.15, 0.2) is 18.2 Å². The third-order valence-electron chi connectivity index (χ3n) is 2.36. The molecule has 78 valence electrons. The Kier molecular flexibility index (Phi) is 4.17. The summed E-state index contributed by atoms with van der Waals surface area (Å²) in [5, 5.41) is 0.463. The smallest absolute Gasteiger partial charge is 0.129 e. The minimum Gasteiger partial charge on any atom is -0.299 e. The number of nitrogens with zero attached hydrogens (tertiary/aromatic N) is 1. The zero-order chi connectivity index (χ0) is 9.26. The molecule has 0 aliphatic carbocycles. The normalized spacial score (nSPS) is 15.9. The number of hydrogen-bond donors (Lipinski definition) is 0. The van der Waals surface area contributed by atoms with Crippen molar-refractivity contribution in [2.75, 3.05) is 13.1 Å². The van der Waals surface area contributed by atoms with Crippen LogP contribution in [-0.2, 0) is 6.54 Å². The lowest BCUT2D eigenvalue weighted by Gasteiger charge is -2.30. The Morgan fingerprint density at radius 2 is 2.07 bits per heavy atom. The molecular formula is C10H12Cl2FN. The molecule has 0 saturated carbocycles. The van der Waals surface area contributed by atoms with Crippen molar-refractivity contribution in [3.63, 3.8) is 0 Å². The first-order valence-electron chi connectivity index (χ1n) is 4.42. The molecule has 1 fully saturated rings. The monoisotopic (exact) mass is 235 g/mol. The van der Waals surface area contributed by atoms with Gasteiger partial charge in [-0.05, 0) is 31.6 Å². The van der Waals surface area contributed by atoms with E-state index in [0.29, 0.717) is 11.6 Å². The summed E-state index contributed by atoms with van der Waals surface area (Å²) in [6.07, 6.45) is 1.23. The number of hydrogen-bond acceptors (Lipinski definition) is 1. The summed E-state index contributed by atoms with van der Waals surface area (Å²) in [5.74, 6) is -0.195. The van der Waals surface area contributed by atoms with Crippen LogP contribution in [0.3, 0.4) is 0 Å². The maximum atomic E-state index is 13.3. The van der Waals surface area contributed by atoms with Gasteiger partial charge in [-0.3, -0.25) is 4.90 Å². The van der Waals surface area contributed by atoms with E-state index in [2.05, 4.69) is 4.90 Å². The van der Waals surface area contributed by atoms with Gasteiger partial charge in [-0.15, -0.1) is 12.4 Å². The molecule has 2 rings (SSSR count). The van der Waals surface area contributed by atoms with E-state index in [0.717, 1.165) is 18.7 Å². The van der Waals surface area contributed by atoms with Gasteiger partial charge in [0.05, 0.1) is 0 Å². The molecule has 1 heterocycles. The van der Waals surface area contributed by atoms with Crippen LogP contribution in [0.25, 0.3) is 0 Å². The number of likely N-dealkylation sites (tertiary alicyclic amines) is 1.